The van der Waals surface area contributed by atoms with Crippen molar-refractivity contribution in [3.05, 3.63) is 72.1 Å². The van der Waals surface area contributed by atoms with E-state index >= 15 is 0 Å². The molecule has 0 radical (unpaired) electrons. The normalized spacial score (nSPS) is 11.0. The summed E-state index contributed by atoms with van der Waals surface area (Å²) in [7, 11) is 1.60. The second-order valence-corrected chi connectivity index (χ2v) is 7.40. The first-order valence-electron chi connectivity index (χ1n) is 9.01. The van der Waals surface area contributed by atoms with E-state index in [-0.39, 0.29) is 11.3 Å². The largest absolute Gasteiger partial charge is 0.497 e. The molecule has 144 valence electrons. The summed E-state index contributed by atoms with van der Waals surface area (Å²) >= 11 is 0. The lowest BCUT2D eigenvalue weighted by atomic mass is 9.86. The number of para-hydroxylation sites is 1. The van der Waals surface area contributed by atoms with Crippen LogP contribution in [0, 0.1) is 0 Å². The Bertz CT molecular complexity index is 946. The molecule has 0 spiro atoms. The molecule has 3 rings (SSSR count). The number of methoxy groups -OCH3 is 1. The Balaban J connectivity index is 1.70. The molecular formula is C22H24N4O2. The molecular weight excluding hydrogens is 352 g/mol. The molecule has 28 heavy (non-hydrogen) atoms. The first-order chi connectivity index (χ1) is 13.4. The van der Waals surface area contributed by atoms with E-state index in [1.807, 2.05) is 18.2 Å². The van der Waals surface area contributed by atoms with Crippen LogP contribution in [0.15, 0.2) is 60.9 Å². The lowest BCUT2D eigenvalue weighted by molar-refractivity contribution is 0.102. The first-order valence-corrected chi connectivity index (χ1v) is 9.01. The fourth-order valence-corrected chi connectivity index (χ4v) is 2.75. The minimum Gasteiger partial charge on any atom is -0.497 e. The highest BCUT2D eigenvalue weighted by Crippen LogP contribution is 2.30. The van der Waals surface area contributed by atoms with Crippen molar-refractivity contribution in [1.82, 2.24) is 9.97 Å². The van der Waals surface area contributed by atoms with Gasteiger partial charge in [0.1, 0.15) is 5.75 Å². The van der Waals surface area contributed by atoms with Crippen LogP contribution < -0.4 is 15.4 Å². The molecule has 1 heterocycles. The van der Waals surface area contributed by atoms with Crippen LogP contribution in [0.5, 0.6) is 5.75 Å². The van der Waals surface area contributed by atoms with Gasteiger partial charge in [-0.25, -0.2) is 9.97 Å². The molecule has 0 saturated carbocycles. The van der Waals surface area contributed by atoms with E-state index in [2.05, 4.69) is 47.4 Å². The molecule has 0 atom stereocenters. The van der Waals surface area contributed by atoms with Gasteiger partial charge in [-0.05, 0) is 41.3 Å². The van der Waals surface area contributed by atoms with Gasteiger partial charge in [0.05, 0.1) is 12.7 Å². The summed E-state index contributed by atoms with van der Waals surface area (Å²) in [5, 5.41) is 6.05. The van der Waals surface area contributed by atoms with Gasteiger partial charge >= 0.3 is 0 Å². The number of amides is 1. The Morgan fingerprint density at radius 1 is 0.964 bits per heavy atom. The Morgan fingerprint density at radius 3 is 2.21 bits per heavy atom. The van der Waals surface area contributed by atoms with Crippen molar-refractivity contribution in [2.75, 3.05) is 17.7 Å². The SMILES string of the molecule is COc1ccc(NC(=O)c2cnc(Nc3ccccc3C(C)(C)C)nc2)cc1. The summed E-state index contributed by atoms with van der Waals surface area (Å²) in [5.41, 5.74) is 3.16. The smallest absolute Gasteiger partial charge is 0.258 e. The van der Waals surface area contributed by atoms with E-state index in [0.717, 1.165) is 11.4 Å². The molecule has 1 aromatic heterocycles. The number of rotatable bonds is 5. The minimum absolute atomic E-state index is 0.0121. The fourth-order valence-electron chi connectivity index (χ4n) is 2.75. The number of nitrogens with zero attached hydrogens (tertiary/aromatic N) is 2. The molecule has 6 heteroatoms. The zero-order valence-corrected chi connectivity index (χ0v) is 16.5. The first kappa shape index (κ1) is 19.4. The van der Waals surface area contributed by atoms with Crippen LogP contribution in [-0.4, -0.2) is 23.0 Å². The van der Waals surface area contributed by atoms with Crippen molar-refractivity contribution in [2.45, 2.75) is 26.2 Å². The van der Waals surface area contributed by atoms with Crippen molar-refractivity contribution in [3.8, 4) is 5.75 Å². The Morgan fingerprint density at radius 2 is 1.61 bits per heavy atom. The maximum absolute atomic E-state index is 12.4. The summed E-state index contributed by atoms with van der Waals surface area (Å²) < 4.78 is 5.11. The maximum Gasteiger partial charge on any atom is 0.258 e. The van der Waals surface area contributed by atoms with Crippen molar-refractivity contribution in [2.24, 2.45) is 0 Å². The molecule has 0 saturated heterocycles. The number of anilines is 3. The summed E-state index contributed by atoms with van der Waals surface area (Å²) in [5.74, 6) is 0.900. The van der Waals surface area contributed by atoms with Gasteiger partial charge in [0.2, 0.25) is 5.95 Å². The van der Waals surface area contributed by atoms with E-state index in [4.69, 9.17) is 4.74 Å². The molecule has 2 N–H and O–H groups in total. The van der Waals surface area contributed by atoms with Gasteiger partial charge in [-0.1, -0.05) is 39.0 Å². The number of carbonyl (C=O) groups excluding carboxylic acids is 1. The molecule has 3 aromatic rings. The number of ether oxygens (including phenoxy) is 1. The topological polar surface area (TPSA) is 76.1 Å². The number of benzene rings is 2. The number of nitrogens with one attached hydrogen (secondary N) is 2. The average molecular weight is 376 g/mol. The van der Waals surface area contributed by atoms with E-state index in [1.165, 1.54) is 18.0 Å². The third kappa shape index (κ3) is 4.65. The molecule has 1 amide bonds. The van der Waals surface area contributed by atoms with Crippen LogP contribution in [0.2, 0.25) is 0 Å². The molecule has 0 fully saturated rings. The average Bonchev–Trinajstić information content (AvgIpc) is 2.69. The van der Waals surface area contributed by atoms with E-state index < -0.39 is 0 Å². The molecule has 0 bridgehead atoms. The van der Waals surface area contributed by atoms with Crippen LogP contribution in [0.4, 0.5) is 17.3 Å². The highest BCUT2D eigenvalue weighted by molar-refractivity contribution is 6.03. The van der Waals surface area contributed by atoms with Crippen LogP contribution in [0.3, 0.4) is 0 Å². The standard InChI is InChI=1S/C22H24N4O2/c1-22(2,3)18-7-5-6-8-19(18)26-21-23-13-15(14-24-21)20(27)25-16-9-11-17(28-4)12-10-16/h5-14H,1-4H3,(H,25,27)(H,23,24,26). The van der Waals surface area contributed by atoms with E-state index in [9.17, 15) is 4.79 Å². The second kappa shape index (κ2) is 8.08. The minimum atomic E-state index is -0.271. The number of hydrogen-bond donors (Lipinski definition) is 2. The molecule has 6 nitrogen and oxygen atoms in total. The maximum atomic E-state index is 12.4. The Kier molecular flexibility index (Phi) is 5.59. The van der Waals surface area contributed by atoms with Gasteiger partial charge in [0, 0.05) is 23.8 Å². The zero-order chi connectivity index (χ0) is 20.1. The van der Waals surface area contributed by atoms with Gasteiger partial charge < -0.3 is 15.4 Å². The summed E-state index contributed by atoms with van der Waals surface area (Å²) in [6, 6.07) is 15.2. The highest BCUT2D eigenvalue weighted by atomic mass is 16.5. The van der Waals surface area contributed by atoms with Crippen molar-refractivity contribution < 1.29 is 9.53 Å². The van der Waals surface area contributed by atoms with Gasteiger partial charge in [0.15, 0.2) is 0 Å². The molecule has 2 aromatic carbocycles. The Labute approximate surface area is 165 Å². The van der Waals surface area contributed by atoms with Crippen LogP contribution in [-0.2, 0) is 5.41 Å². The molecule has 0 aliphatic carbocycles. The quantitative estimate of drug-likeness (QED) is 0.670. The number of carbonyl (C=O) groups is 1. The van der Waals surface area contributed by atoms with Gasteiger partial charge in [-0.2, -0.15) is 0 Å². The number of hydrogen-bond acceptors (Lipinski definition) is 5. The second-order valence-electron chi connectivity index (χ2n) is 7.40. The predicted octanol–water partition coefficient (Wildman–Crippen LogP) is 4.78. The van der Waals surface area contributed by atoms with Crippen LogP contribution in [0.1, 0.15) is 36.7 Å². The lowest BCUT2D eigenvalue weighted by Gasteiger charge is -2.22. The lowest BCUT2D eigenvalue weighted by Crippen LogP contribution is -2.15. The van der Waals surface area contributed by atoms with E-state index in [0.29, 0.717) is 17.2 Å². The predicted molar refractivity (Wildman–Crippen MR) is 111 cm³/mol. The highest BCUT2D eigenvalue weighted by Gasteiger charge is 2.18. The Hall–Kier alpha value is -3.41. The summed E-state index contributed by atoms with van der Waals surface area (Å²) in [4.78, 5) is 20.9. The van der Waals surface area contributed by atoms with Crippen molar-refractivity contribution in [3.63, 3.8) is 0 Å². The zero-order valence-electron chi connectivity index (χ0n) is 16.5. The molecule has 0 aliphatic heterocycles. The third-order valence-electron chi connectivity index (χ3n) is 4.24. The molecule has 0 aliphatic rings. The van der Waals surface area contributed by atoms with Gasteiger partial charge in [0.25, 0.3) is 5.91 Å². The fraction of sp³-hybridized carbons (Fsp3) is 0.227. The van der Waals surface area contributed by atoms with E-state index in [1.54, 1.807) is 31.4 Å². The third-order valence-corrected chi connectivity index (χ3v) is 4.24. The molecule has 0 unspecified atom stereocenters. The number of aromatic nitrogens is 2. The van der Waals surface area contributed by atoms with Crippen LogP contribution in [0.25, 0.3) is 0 Å². The summed E-state index contributed by atoms with van der Waals surface area (Å²) in [6.45, 7) is 6.46. The van der Waals surface area contributed by atoms with Crippen molar-refractivity contribution >= 4 is 23.2 Å². The van der Waals surface area contributed by atoms with Crippen molar-refractivity contribution in [1.29, 1.82) is 0 Å². The van der Waals surface area contributed by atoms with Gasteiger partial charge in [-0.3, -0.25) is 4.79 Å². The summed E-state index contributed by atoms with van der Waals surface area (Å²) in [6.07, 6.45) is 3.02. The monoisotopic (exact) mass is 376 g/mol. The van der Waals surface area contributed by atoms with Gasteiger partial charge in [-0.15, -0.1) is 0 Å². The van der Waals surface area contributed by atoms with Crippen LogP contribution >= 0.6 is 0 Å².